The monoisotopic (exact) mass is 556 g/mol. The summed E-state index contributed by atoms with van der Waals surface area (Å²) in [6, 6.07) is 11.0. The molecule has 41 heavy (non-hydrogen) atoms. The fourth-order valence-electron chi connectivity index (χ4n) is 6.09. The van der Waals surface area contributed by atoms with Crippen LogP contribution < -0.4 is 5.32 Å². The van der Waals surface area contributed by atoms with Crippen LogP contribution in [0, 0.1) is 25.6 Å². The summed E-state index contributed by atoms with van der Waals surface area (Å²) in [7, 11) is 0. The zero-order valence-corrected chi connectivity index (χ0v) is 23.5. The van der Waals surface area contributed by atoms with Gasteiger partial charge in [-0.2, -0.15) is 4.80 Å². The number of tetrazole rings is 1. The molecule has 0 spiro atoms. The van der Waals surface area contributed by atoms with Crippen LogP contribution in [-0.2, 0) is 17.8 Å². The van der Waals surface area contributed by atoms with Gasteiger partial charge < -0.3 is 15.5 Å². The molecule has 2 aliphatic rings. The Bertz CT molecular complexity index is 1620. The summed E-state index contributed by atoms with van der Waals surface area (Å²) in [5, 5.41) is 35.4. The van der Waals surface area contributed by atoms with Gasteiger partial charge in [0, 0.05) is 22.7 Å². The molecular weight excluding hydrogens is 523 g/mol. The van der Waals surface area contributed by atoms with Crippen molar-refractivity contribution in [2.75, 3.05) is 5.32 Å². The first-order valence-corrected chi connectivity index (χ1v) is 13.9. The number of aliphatic hydroxyl groups is 1. The summed E-state index contributed by atoms with van der Waals surface area (Å²) >= 11 is 0. The van der Waals surface area contributed by atoms with Gasteiger partial charge in [0.25, 0.3) is 0 Å². The van der Waals surface area contributed by atoms with Crippen molar-refractivity contribution in [2.45, 2.75) is 71.1 Å². The molecule has 3 N–H and O–H groups in total. The third-order valence-corrected chi connectivity index (χ3v) is 7.99. The number of carboxylic acid groups (broad SMARTS) is 1. The highest BCUT2D eigenvalue weighted by Gasteiger charge is 2.45. The van der Waals surface area contributed by atoms with Crippen molar-refractivity contribution in [1.82, 2.24) is 25.2 Å². The van der Waals surface area contributed by atoms with Crippen molar-refractivity contribution >= 4 is 11.7 Å². The number of hydrogen-bond acceptors (Lipinski definition) is 7. The smallest absolute Gasteiger partial charge is 0.307 e. The number of fused-ring (bicyclic) bond motifs is 1. The summed E-state index contributed by atoms with van der Waals surface area (Å²) in [6.45, 7) is 7.70. The first kappa shape index (κ1) is 27.0. The number of rotatable bonds is 8. The highest BCUT2D eigenvalue weighted by Crippen LogP contribution is 2.47. The largest absolute Gasteiger partial charge is 0.481 e. The molecule has 0 aliphatic heterocycles. The van der Waals surface area contributed by atoms with Gasteiger partial charge in [-0.15, -0.1) is 10.2 Å². The van der Waals surface area contributed by atoms with E-state index in [9.17, 15) is 15.0 Å². The fourth-order valence-corrected chi connectivity index (χ4v) is 6.09. The number of aromatic nitrogens is 5. The van der Waals surface area contributed by atoms with Crippen molar-refractivity contribution < 1.29 is 19.4 Å². The zero-order valence-electron chi connectivity index (χ0n) is 23.5. The van der Waals surface area contributed by atoms with Crippen LogP contribution in [0.5, 0.6) is 0 Å². The maximum atomic E-state index is 15.3. The number of hydrogen-bond donors (Lipinski definition) is 3. The molecule has 2 aliphatic carbocycles. The lowest BCUT2D eigenvalue weighted by Gasteiger charge is -2.19. The van der Waals surface area contributed by atoms with Crippen LogP contribution in [0.15, 0.2) is 42.6 Å². The number of aryl methyl sites for hydroxylation is 2. The van der Waals surface area contributed by atoms with Gasteiger partial charge in [-0.25, -0.2) is 4.39 Å². The molecule has 4 aromatic rings. The summed E-state index contributed by atoms with van der Waals surface area (Å²) < 4.78 is 15.3. The van der Waals surface area contributed by atoms with Gasteiger partial charge in [0.2, 0.25) is 5.82 Å². The zero-order chi connectivity index (χ0) is 29.1. The molecule has 2 heterocycles. The summed E-state index contributed by atoms with van der Waals surface area (Å²) in [6.07, 6.45) is 3.82. The first-order chi connectivity index (χ1) is 19.5. The molecule has 0 saturated heterocycles. The van der Waals surface area contributed by atoms with E-state index in [1.807, 2.05) is 44.2 Å². The van der Waals surface area contributed by atoms with Crippen LogP contribution in [0.1, 0.15) is 66.6 Å². The van der Waals surface area contributed by atoms with Gasteiger partial charge in [-0.1, -0.05) is 6.07 Å². The number of carbonyl (C=O) groups is 1. The molecular formula is C31H33FN6O3. The Hall–Kier alpha value is -4.18. The van der Waals surface area contributed by atoms with E-state index in [2.05, 4.69) is 25.7 Å². The fraction of sp³-hybridized carbons (Fsp3) is 0.387. The van der Waals surface area contributed by atoms with Crippen LogP contribution in [-0.4, -0.2) is 47.0 Å². The second kappa shape index (κ2) is 10.0. The van der Waals surface area contributed by atoms with E-state index < -0.39 is 11.6 Å². The van der Waals surface area contributed by atoms with Crippen LogP contribution >= 0.6 is 0 Å². The summed E-state index contributed by atoms with van der Waals surface area (Å²) in [4.78, 5) is 17.1. The number of benzene rings is 2. The minimum absolute atomic E-state index is 0.0259. The topological polar surface area (TPSA) is 126 Å². The Labute approximate surface area is 237 Å². The Kier molecular flexibility index (Phi) is 6.60. The van der Waals surface area contributed by atoms with Gasteiger partial charge in [0.15, 0.2) is 0 Å². The second-order valence-electron chi connectivity index (χ2n) is 11.9. The SMILES string of the molecule is Cc1cc(-c2nnn(CC(C)(C)O)n2)cc(C)c1-c1ccc(F)c2c1CC[C@H]2Nc1ccc([C@@H]2C[C@H]2C(=O)O)nc1. The summed E-state index contributed by atoms with van der Waals surface area (Å²) in [5.41, 5.74) is 7.28. The van der Waals surface area contributed by atoms with Crippen LogP contribution in [0.25, 0.3) is 22.5 Å². The van der Waals surface area contributed by atoms with Gasteiger partial charge >= 0.3 is 5.97 Å². The predicted octanol–water partition coefficient (Wildman–Crippen LogP) is 5.22. The van der Waals surface area contributed by atoms with E-state index in [4.69, 9.17) is 0 Å². The molecule has 6 rings (SSSR count). The minimum atomic E-state index is -0.953. The number of nitrogens with one attached hydrogen (secondary N) is 1. The normalized spacial score (nSPS) is 19.7. The molecule has 1 fully saturated rings. The number of carboxylic acids is 1. The number of pyridine rings is 1. The Morgan fingerprint density at radius 3 is 2.56 bits per heavy atom. The predicted molar refractivity (Wildman–Crippen MR) is 152 cm³/mol. The molecule has 9 nitrogen and oxygen atoms in total. The van der Waals surface area contributed by atoms with Crippen molar-refractivity contribution in [3.05, 3.63) is 76.4 Å². The standard InChI is InChI=1S/C31H33FN6O3/c1-16-11-18(29-35-37-38(36-29)15-31(3,4)41)12-17(2)27(16)20-6-8-24(32)28-21(20)7-10-26(28)34-19-5-9-25(33-14-19)22-13-23(22)30(39)40/h5-6,8-9,11-12,14,22-23,26,34,41H,7,10,13,15H2,1-4H3,(H,39,40)/t22-,23-,26-/m1/s1. The van der Waals surface area contributed by atoms with Crippen molar-refractivity contribution in [3.8, 4) is 22.5 Å². The lowest BCUT2D eigenvalue weighted by atomic mass is 9.89. The third kappa shape index (κ3) is 5.31. The van der Waals surface area contributed by atoms with E-state index >= 15 is 4.39 Å². The molecule has 2 aromatic carbocycles. The maximum absolute atomic E-state index is 15.3. The molecule has 0 bridgehead atoms. The molecule has 10 heteroatoms. The highest BCUT2D eigenvalue weighted by molar-refractivity contribution is 5.79. The molecule has 2 aromatic heterocycles. The van der Waals surface area contributed by atoms with Crippen LogP contribution in [0.3, 0.4) is 0 Å². The Balaban J connectivity index is 1.26. The number of anilines is 1. The van der Waals surface area contributed by atoms with Crippen molar-refractivity contribution in [2.24, 2.45) is 5.92 Å². The molecule has 0 radical (unpaired) electrons. The van der Waals surface area contributed by atoms with Gasteiger partial charge in [0.05, 0.1) is 36.0 Å². The van der Waals surface area contributed by atoms with Crippen molar-refractivity contribution in [3.63, 3.8) is 0 Å². The maximum Gasteiger partial charge on any atom is 0.307 e. The minimum Gasteiger partial charge on any atom is -0.481 e. The highest BCUT2D eigenvalue weighted by atomic mass is 19.1. The lowest BCUT2D eigenvalue weighted by molar-refractivity contribution is -0.138. The van der Waals surface area contributed by atoms with Crippen LogP contribution in [0.4, 0.5) is 10.1 Å². The first-order valence-electron chi connectivity index (χ1n) is 13.9. The summed E-state index contributed by atoms with van der Waals surface area (Å²) in [5.74, 6) is -0.896. The van der Waals surface area contributed by atoms with E-state index in [0.717, 1.165) is 57.6 Å². The van der Waals surface area contributed by atoms with E-state index in [0.29, 0.717) is 17.8 Å². The average Bonchev–Trinajstić information content (AvgIpc) is 3.40. The van der Waals surface area contributed by atoms with Gasteiger partial charge in [-0.3, -0.25) is 9.78 Å². The van der Waals surface area contributed by atoms with Gasteiger partial charge in [0.1, 0.15) is 5.82 Å². The number of halogens is 1. The molecule has 0 unspecified atom stereocenters. The van der Waals surface area contributed by atoms with Crippen LogP contribution in [0.2, 0.25) is 0 Å². The molecule has 0 amide bonds. The molecule has 212 valence electrons. The Morgan fingerprint density at radius 1 is 1.17 bits per heavy atom. The second-order valence-corrected chi connectivity index (χ2v) is 11.9. The van der Waals surface area contributed by atoms with E-state index in [-0.39, 0.29) is 30.2 Å². The number of aliphatic carboxylic acids is 1. The van der Waals surface area contributed by atoms with Gasteiger partial charge in [-0.05, 0) is 110 Å². The molecule has 1 saturated carbocycles. The average molecular weight is 557 g/mol. The quantitative estimate of drug-likeness (QED) is 0.270. The lowest BCUT2D eigenvalue weighted by Crippen LogP contribution is -2.27. The Morgan fingerprint density at radius 2 is 1.93 bits per heavy atom. The third-order valence-electron chi connectivity index (χ3n) is 7.99. The number of nitrogens with zero attached hydrogens (tertiary/aromatic N) is 5. The van der Waals surface area contributed by atoms with E-state index in [1.54, 1.807) is 26.1 Å². The van der Waals surface area contributed by atoms with Crippen molar-refractivity contribution in [1.29, 1.82) is 0 Å². The molecule has 3 atom stereocenters. The van der Waals surface area contributed by atoms with E-state index in [1.165, 1.54) is 4.80 Å².